The number of nitrogens with zero attached hydrogens (tertiary/aromatic N) is 1. The number of thiazole rings is 1. The fourth-order valence-electron chi connectivity index (χ4n) is 2.19. The minimum Gasteiger partial charge on any atom is -0.508 e. The highest BCUT2D eigenvalue weighted by Crippen LogP contribution is 2.25. The normalized spacial score (nSPS) is 10.5. The van der Waals surface area contributed by atoms with Gasteiger partial charge in [-0.3, -0.25) is 4.79 Å². The molecule has 2 aromatic carbocycles. The Bertz CT molecular complexity index is 834. The molecule has 0 fully saturated rings. The molecule has 0 saturated carbocycles. The first-order chi connectivity index (χ1) is 11.0. The van der Waals surface area contributed by atoms with Crippen molar-refractivity contribution in [1.82, 2.24) is 4.98 Å². The monoisotopic (exact) mass is 324 g/mol. The molecule has 3 rings (SSSR count). The van der Waals surface area contributed by atoms with Crippen molar-refractivity contribution in [3.05, 3.63) is 64.1 Å². The standard InChI is InChI=1S/C18H16N2O2S/c1-11-12(2)23-18(19-11)17(22)20-15-8-6-13(7-9-15)14-4-3-5-16(21)10-14/h3-10,21H,1-2H3,(H,20,22). The van der Waals surface area contributed by atoms with Crippen LogP contribution < -0.4 is 5.32 Å². The summed E-state index contributed by atoms with van der Waals surface area (Å²) in [7, 11) is 0. The molecular formula is C18H16N2O2S. The number of rotatable bonds is 3. The van der Waals surface area contributed by atoms with Crippen LogP contribution in [-0.2, 0) is 0 Å². The molecule has 3 aromatic rings. The van der Waals surface area contributed by atoms with E-state index < -0.39 is 0 Å². The first-order valence-electron chi connectivity index (χ1n) is 7.18. The third-order valence-electron chi connectivity index (χ3n) is 3.55. The summed E-state index contributed by atoms with van der Waals surface area (Å²) in [6.07, 6.45) is 0. The summed E-state index contributed by atoms with van der Waals surface area (Å²) in [5.41, 5.74) is 3.50. The van der Waals surface area contributed by atoms with Crippen molar-refractivity contribution < 1.29 is 9.90 Å². The highest BCUT2D eigenvalue weighted by atomic mass is 32.1. The molecule has 1 aromatic heterocycles. The number of aromatic nitrogens is 1. The Kier molecular flexibility index (Phi) is 4.12. The van der Waals surface area contributed by atoms with Crippen LogP contribution >= 0.6 is 11.3 Å². The molecule has 5 heteroatoms. The van der Waals surface area contributed by atoms with Crippen LogP contribution in [0, 0.1) is 13.8 Å². The van der Waals surface area contributed by atoms with Crippen LogP contribution in [0.2, 0.25) is 0 Å². The minimum atomic E-state index is -0.198. The predicted octanol–water partition coefficient (Wildman–Crippen LogP) is 4.38. The number of benzene rings is 2. The van der Waals surface area contributed by atoms with E-state index in [0.29, 0.717) is 10.7 Å². The van der Waals surface area contributed by atoms with Gasteiger partial charge in [-0.05, 0) is 49.2 Å². The second-order valence-corrected chi connectivity index (χ2v) is 6.45. The third-order valence-corrected chi connectivity index (χ3v) is 4.62. The van der Waals surface area contributed by atoms with Crippen LogP contribution in [0.3, 0.4) is 0 Å². The van der Waals surface area contributed by atoms with E-state index in [9.17, 15) is 9.90 Å². The molecule has 0 saturated heterocycles. The molecule has 0 atom stereocenters. The average Bonchev–Trinajstić information content (AvgIpc) is 2.88. The van der Waals surface area contributed by atoms with Gasteiger partial charge in [0.05, 0.1) is 5.69 Å². The number of amides is 1. The molecule has 23 heavy (non-hydrogen) atoms. The number of carbonyl (C=O) groups excluding carboxylic acids is 1. The second-order valence-electron chi connectivity index (χ2n) is 5.24. The molecule has 0 aliphatic heterocycles. The van der Waals surface area contributed by atoms with Gasteiger partial charge in [-0.1, -0.05) is 24.3 Å². The number of aryl methyl sites for hydroxylation is 2. The fourth-order valence-corrected chi connectivity index (χ4v) is 3.00. The summed E-state index contributed by atoms with van der Waals surface area (Å²) in [6.45, 7) is 3.85. The lowest BCUT2D eigenvalue weighted by molar-refractivity contribution is 0.102. The molecular weight excluding hydrogens is 308 g/mol. The van der Waals surface area contributed by atoms with Gasteiger partial charge in [-0.15, -0.1) is 11.3 Å². The van der Waals surface area contributed by atoms with Gasteiger partial charge in [-0.25, -0.2) is 4.98 Å². The molecule has 0 bridgehead atoms. The molecule has 1 amide bonds. The lowest BCUT2D eigenvalue weighted by Gasteiger charge is -2.06. The van der Waals surface area contributed by atoms with Gasteiger partial charge in [0.2, 0.25) is 0 Å². The molecule has 0 spiro atoms. The Morgan fingerprint density at radius 1 is 1.09 bits per heavy atom. The molecule has 0 unspecified atom stereocenters. The summed E-state index contributed by atoms with van der Waals surface area (Å²) >= 11 is 1.39. The highest BCUT2D eigenvalue weighted by molar-refractivity contribution is 7.13. The van der Waals surface area contributed by atoms with Crippen LogP contribution in [0.1, 0.15) is 20.4 Å². The maximum absolute atomic E-state index is 12.2. The topological polar surface area (TPSA) is 62.2 Å². The van der Waals surface area contributed by atoms with E-state index >= 15 is 0 Å². The van der Waals surface area contributed by atoms with Gasteiger partial charge in [0.15, 0.2) is 5.01 Å². The number of aromatic hydroxyl groups is 1. The molecule has 4 nitrogen and oxygen atoms in total. The van der Waals surface area contributed by atoms with Crippen molar-refractivity contribution in [2.45, 2.75) is 13.8 Å². The van der Waals surface area contributed by atoms with Crippen LogP contribution in [0.4, 0.5) is 5.69 Å². The van der Waals surface area contributed by atoms with Crippen molar-refractivity contribution in [3.8, 4) is 16.9 Å². The van der Waals surface area contributed by atoms with Crippen molar-refractivity contribution >= 4 is 22.9 Å². The molecule has 1 heterocycles. The molecule has 0 aliphatic carbocycles. The number of anilines is 1. The highest BCUT2D eigenvalue weighted by Gasteiger charge is 2.12. The van der Waals surface area contributed by atoms with E-state index in [1.807, 2.05) is 44.2 Å². The molecule has 0 radical (unpaired) electrons. The maximum Gasteiger partial charge on any atom is 0.284 e. The zero-order chi connectivity index (χ0) is 16.4. The van der Waals surface area contributed by atoms with Crippen molar-refractivity contribution in [1.29, 1.82) is 0 Å². The third kappa shape index (κ3) is 3.40. The number of nitrogens with one attached hydrogen (secondary N) is 1. The van der Waals surface area contributed by atoms with E-state index in [4.69, 9.17) is 0 Å². The summed E-state index contributed by atoms with van der Waals surface area (Å²) in [4.78, 5) is 17.5. The second kappa shape index (κ2) is 6.22. The fraction of sp³-hybridized carbons (Fsp3) is 0.111. The van der Waals surface area contributed by atoms with Crippen molar-refractivity contribution in [2.75, 3.05) is 5.32 Å². The van der Waals surface area contributed by atoms with Crippen LogP contribution in [0.5, 0.6) is 5.75 Å². The Balaban J connectivity index is 1.76. The van der Waals surface area contributed by atoms with Gasteiger partial charge in [0, 0.05) is 10.6 Å². The predicted molar refractivity (Wildman–Crippen MR) is 93.1 cm³/mol. The van der Waals surface area contributed by atoms with Crippen LogP contribution in [-0.4, -0.2) is 16.0 Å². The summed E-state index contributed by atoms with van der Waals surface area (Å²) in [5, 5.41) is 12.9. The van der Waals surface area contributed by atoms with Crippen LogP contribution in [0.25, 0.3) is 11.1 Å². The molecule has 0 aliphatic rings. The Labute approximate surface area is 138 Å². The molecule has 2 N–H and O–H groups in total. The van der Waals surface area contributed by atoms with E-state index in [0.717, 1.165) is 21.7 Å². The van der Waals surface area contributed by atoms with E-state index in [1.165, 1.54) is 11.3 Å². The van der Waals surface area contributed by atoms with Gasteiger partial charge < -0.3 is 10.4 Å². The first-order valence-corrected chi connectivity index (χ1v) is 7.99. The zero-order valence-electron chi connectivity index (χ0n) is 12.8. The number of carbonyl (C=O) groups is 1. The SMILES string of the molecule is Cc1nc(C(=O)Nc2ccc(-c3cccc(O)c3)cc2)sc1C. The van der Waals surface area contributed by atoms with Crippen molar-refractivity contribution in [2.24, 2.45) is 0 Å². The summed E-state index contributed by atoms with van der Waals surface area (Å²) in [6, 6.07) is 14.5. The number of phenols is 1. The average molecular weight is 324 g/mol. The Hall–Kier alpha value is -2.66. The summed E-state index contributed by atoms with van der Waals surface area (Å²) < 4.78 is 0. The molecule has 116 valence electrons. The smallest absolute Gasteiger partial charge is 0.284 e. The van der Waals surface area contributed by atoms with Gasteiger partial charge >= 0.3 is 0 Å². The van der Waals surface area contributed by atoms with Gasteiger partial charge in [0.1, 0.15) is 5.75 Å². The first kappa shape index (κ1) is 15.2. The van der Waals surface area contributed by atoms with E-state index in [2.05, 4.69) is 10.3 Å². The Morgan fingerprint density at radius 3 is 2.43 bits per heavy atom. The minimum absolute atomic E-state index is 0.198. The zero-order valence-corrected chi connectivity index (χ0v) is 13.6. The van der Waals surface area contributed by atoms with E-state index in [1.54, 1.807) is 18.2 Å². The number of hydrogen-bond acceptors (Lipinski definition) is 4. The van der Waals surface area contributed by atoms with Crippen LogP contribution in [0.15, 0.2) is 48.5 Å². The van der Waals surface area contributed by atoms with Gasteiger partial charge in [-0.2, -0.15) is 0 Å². The lowest BCUT2D eigenvalue weighted by atomic mass is 10.1. The maximum atomic E-state index is 12.2. The Morgan fingerprint density at radius 2 is 1.83 bits per heavy atom. The van der Waals surface area contributed by atoms with Crippen molar-refractivity contribution in [3.63, 3.8) is 0 Å². The quantitative estimate of drug-likeness (QED) is 0.751. The van der Waals surface area contributed by atoms with E-state index in [-0.39, 0.29) is 11.7 Å². The largest absolute Gasteiger partial charge is 0.508 e. The number of hydrogen-bond donors (Lipinski definition) is 2. The van der Waals surface area contributed by atoms with Gasteiger partial charge in [0.25, 0.3) is 5.91 Å². The summed E-state index contributed by atoms with van der Waals surface area (Å²) in [5.74, 6) is 0.0331. The lowest BCUT2D eigenvalue weighted by Crippen LogP contribution is -2.11. The number of phenolic OH excluding ortho intramolecular Hbond substituents is 1.